The second-order valence-electron chi connectivity index (χ2n) is 6.39. The predicted molar refractivity (Wildman–Crippen MR) is 80.8 cm³/mol. The average Bonchev–Trinajstić information content (AvgIpc) is 2.56. The van der Waals surface area contributed by atoms with Crippen LogP contribution in [0.3, 0.4) is 0 Å². The number of nitrogens with zero attached hydrogens (tertiary/aromatic N) is 1. The zero-order valence-corrected chi connectivity index (χ0v) is 13.4. The van der Waals surface area contributed by atoms with E-state index in [1.807, 2.05) is 18.7 Å². The lowest BCUT2D eigenvalue weighted by Crippen LogP contribution is -2.52. The summed E-state index contributed by atoms with van der Waals surface area (Å²) in [5.74, 6) is 0.0906. The first-order chi connectivity index (χ1) is 10.1. The number of hydrogen-bond donors (Lipinski definition) is 1. The smallest absolute Gasteiger partial charge is 0.245 e. The fraction of sp³-hybridized carbons (Fsp3) is 0.875. The van der Waals surface area contributed by atoms with E-state index in [4.69, 9.17) is 4.74 Å². The molecular weight excluding hydrogens is 268 g/mol. The maximum absolute atomic E-state index is 12.9. The zero-order valence-electron chi connectivity index (χ0n) is 13.4. The topological polar surface area (TPSA) is 58.6 Å². The van der Waals surface area contributed by atoms with E-state index in [-0.39, 0.29) is 36.0 Å². The van der Waals surface area contributed by atoms with Crippen molar-refractivity contribution in [3.8, 4) is 0 Å². The third-order valence-electron chi connectivity index (χ3n) is 4.75. The minimum Gasteiger partial charge on any atom is -0.381 e. The molecule has 2 rings (SSSR count). The van der Waals surface area contributed by atoms with Crippen molar-refractivity contribution in [3.05, 3.63) is 0 Å². The minimum atomic E-state index is -0.352. The second-order valence-corrected chi connectivity index (χ2v) is 6.39. The van der Waals surface area contributed by atoms with E-state index in [1.165, 1.54) is 0 Å². The van der Waals surface area contributed by atoms with Crippen molar-refractivity contribution in [2.45, 2.75) is 83.0 Å². The van der Waals surface area contributed by atoms with E-state index in [0.717, 1.165) is 32.1 Å². The van der Waals surface area contributed by atoms with Gasteiger partial charge in [0.15, 0.2) is 0 Å². The lowest BCUT2D eigenvalue weighted by Gasteiger charge is -2.40. The molecule has 1 aliphatic carbocycles. The van der Waals surface area contributed by atoms with Crippen LogP contribution in [-0.4, -0.2) is 48.1 Å². The summed E-state index contributed by atoms with van der Waals surface area (Å²) in [6.45, 7) is 4.03. The normalized spacial score (nSPS) is 34.5. The summed E-state index contributed by atoms with van der Waals surface area (Å²) in [5, 5.41) is 2.89. The van der Waals surface area contributed by atoms with Crippen molar-refractivity contribution < 1.29 is 14.3 Å². The number of amides is 2. The first-order valence-electron chi connectivity index (χ1n) is 8.21. The van der Waals surface area contributed by atoms with Crippen molar-refractivity contribution in [3.63, 3.8) is 0 Å². The van der Waals surface area contributed by atoms with Crippen LogP contribution in [0.1, 0.15) is 58.8 Å². The average molecular weight is 296 g/mol. The molecular formula is C16H28N2O3. The molecule has 2 aliphatic rings. The SMILES string of the molecule is CCCC1NC(=O)CC(C)N(C2CCCC(OC)C2)C1=O. The Morgan fingerprint density at radius 3 is 2.76 bits per heavy atom. The Morgan fingerprint density at radius 2 is 2.10 bits per heavy atom. The molecule has 0 aromatic rings. The Hall–Kier alpha value is -1.10. The molecule has 0 spiro atoms. The van der Waals surface area contributed by atoms with E-state index in [2.05, 4.69) is 5.32 Å². The molecule has 0 aromatic heterocycles. The van der Waals surface area contributed by atoms with Gasteiger partial charge in [-0.05, 0) is 39.0 Å². The molecule has 5 nitrogen and oxygen atoms in total. The first kappa shape index (κ1) is 16.3. The maximum Gasteiger partial charge on any atom is 0.245 e. The number of carbonyl (C=O) groups is 2. The van der Waals surface area contributed by atoms with Crippen LogP contribution >= 0.6 is 0 Å². The molecule has 120 valence electrons. The number of carbonyl (C=O) groups excluding carboxylic acids is 2. The van der Waals surface area contributed by atoms with Crippen LogP contribution in [0.5, 0.6) is 0 Å². The zero-order chi connectivity index (χ0) is 15.4. The highest BCUT2D eigenvalue weighted by Gasteiger charge is 2.39. The predicted octanol–water partition coefficient (Wildman–Crippen LogP) is 1.85. The Kier molecular flexibility index (Phi) is 5.62. The molecule has 0 bridgehead atoms. The summed E-state index contributed by atoms with van der Waals surface area (Å²) < 4.78 is 5.49. The van der Waals surface area contributed by atoms with Crippen molar-refractivity contribution in [2.24, 2.45) is 0 Å². The van der Waals surface area contributed by atoms with Crippen molar-refractivity contribution in [1.82, 2.24) is 10.2 Å². The van der Waals surface area contributed by atoms with Gasteiger partial charge in [-0.25, -0.2) is 0 Å². The van der Waals surface area contributed by atoms with Crippen LogP contribution in [0.2, 0.25) is 0 Å². The lowest BCUT2D eigenvalue weighted by atomic mass is 9.90. The molecule has 1 N–H and O–H groups in total. The quantitative estimate of drug-likeness (QED) is 0.861. The fourth-order valence-corrected chi connectivity index (χ4v) is 3.69. The highest BCUT2D eigenvalue weighted by molar-refractivity contribution is 5.90. The van der Waals surface area contributed by atoms with Crippen LogP contribution in [0.25, 0.3) is 0 Å². The molecule has 2 amide bonds. The van der Waals surface area contributed by atoms with Crippen molar-refractivity contribution in [2.75, 3.05) is 7.11 Å². The summed E-state index contributed by atoms with van der Waals surface area (Å²) in [6, 6.07) is -0.173. The third-order valence-corrected chi connectivity index (χ3v) is 4.75. The maximum atomic E-state index is 12.9. The molecule has 4 atom stereocenters. The van der Waals surface area contributed by atoms with E-state index < -0.39 is 0 Å². The standard InChI is InChI=1S/C16H28N2O3/c1-4-6-14-16(20)18(11(2)9-15(19)17-14)12-7-5-8-13(10-12)21-3/h11-14H,4-10H2,1-3H3,(H,17,19). The van der Waals surface area contributed by atoms with Gasteiger partial charge in [-0.2, -0.15) is 0 Å². The van der Waals surface area contributed by atoms with Gasteiger partial charge in [-0.1, -0.05) is 13.3 Å². The summed E-state index contributed by atoms with van der Waals surface area (Å²) >= 11 is 0. The minimum absolute atomic E-state index is 0.00380. The third kappa shape index (κ3) is 3.76. The molecule has 1 aliphatic heterocycles. The van der Waals surface area contributed by atoms with Gasteiger partial charge in [0.1, 0.15) is 6.04 Å². The molecule has 0 aromatic carbocycles. The molecule has 5 heteroatoms. The van der Waals surface area contributed by atoms with Crippen molar-refractivity contribution in [1.29, 1.82) is 0 Å². The van der Waals surface area contributed by atoms with Gasteiger partial charge in [0, 0.05) is 25.6 Å². The summed E-state index contributed by atoms with van der Waals surface area (Å²) in [5.41, 5.74) is 0. The van der Waals surface area contributed by atoms with Crippen LogP contribution in [0.4, 0.5) is 0 Å². The first-order valence-corrected chi connectivity index (χ1v) is 8.21. The summed E-state index contributed by atoms with van der Waals surface area (Å²) in [6.07, 6.45) is 6.31. The highest BCUT2D eigenvalue weighted by Crippen LogP contribution is 2.28. The molecule has 0 radical (unpaired) electrons. The number of ether oxygens (including phenoxy) is 1. The fourth-order valence-electron chi connectivity index (χ4n) is 3.69. The van der Waals surface area contributed by atoms with Gasteiger partial charge in [0.2, 0.25) is 11.8 Å². The van der Waals surface area contributed by atoms with Gasteiger partial charge >= 0.3 is 0 Å². The van der Waals surface area contributed by atoms with E-state index >= 15 is 0 Å². The van der Waals surface area contributed by atoms with Gasteiger partial charge in [0.05, 0.1) is 6.10 Å². The largest absolute Gasteiger partial charge is 0.381 e. The van der Waals surface area contributed by atoms with Crippen LogP contribution in [0, 0.1) is 0 Å². The van der Waals surface area contributed by atoms with Crippen LogP contribution in [0.15, 0.2) is 0 Å². The Balaban J connectivity index is 2.17. The van der Waals surface area contributed by atoms with Gasteiger partial charge in [0.25, 0.3) is 0 Å². The van der Waals surface area contributed by atoms with E-state index in [0.29, 0.717) is 12.8 Å². The van der Waals surface area contributed by atoms with Crippen LogP contribution < -0.4 is 5.32 Å². The number of hydrogen-bond acceptors (Lipinski definition) is 3. The van der Waals surface area contributed by atoms with E-state index in [1.54, 1.807) is 7.11 Å². The van der Waals surface area contributed by atoms with Gasteiger partial charge < -0.3 is 15.0 Å². The Labute approximate surface area is 127 Å². The molecule has 21 heavy (non-hydrogen) atoms. The molecule has 1 heterocycles. The van der Waals surface area contributed by atoms with Gasteiger partial charge in [-0.15, -0.1) is 0 Å². The molecule has 4 unspecified atom stereocenters. The number of rotatable bonds is 4. The summed E-state index contributed by atoms with van der Waals surface area (Å²) in [7, 11) is 1.74. The molecule has 1 saturated heterocycles. The molecule has 2 fully saturated rings. The molecule has 1 saturated carbocycles. The summed E-state index contributed by atoms with van der Waals surface area (Å²) in [4.78, 5) is 26.8. The lowest BCUT2D eigenvalue weighted by molar-refractivity contribution is -0.139. The monoisotopic (exact) mass is 296 g/mol. The van der Waals surface area contributed by atoms with Gasteiger partial charge in [-0.3, -0.25) is 9.59 Å². The highest BCUT2D eigenvalue weighted by atomic mass is 16.5. The van der Waals surface area contributed by atoms with Crippen LogP contribution in [-0.2, 0) is 14.3 Å². The Morgan fingerprint density at radius 1 is 1.33 bits per heavy atom. The number of nitrogens with one attached hydrogen (secondary N) is 1. The Bertz CT molecular complexity index is 386. The second kappa shape index (κ2) is 7.25. The number of methoxy groups -OCH3 is 1. The van der Waals surface area contributed by atoms with Crippen molar-refractivity contribution >= 4 is 11.8 Å². The van der Waals surface area contributed by atoms with E-state index in [9.17, 15) is 9.59 Å².